The van der Waals surface area contributed by atoms with Crippen LogP contribution in [0.3, 0.4) is 0 Å². The van der Waals surface area contributed by atoms with Gasteiger partial charge in [0.05, 0.1) is 5.69 Å². The van der Waals surface area contributed by atoms with Crippen molar-refractivity contribution in [1.82, 2.24) is 0 Å². The Kier molecular flexibility index (Phi) is 4.79. The van der Waals surface area contributed by atoms with E-state index >= 15 is 0 Å². The zero-order chi connectivity index (χ0) is 18.0. The Morgan fingerprint density at radius 1 is 1.28 bits per heavy atom. The van der Waals surface area contributed by atoms with Crippen molar-refractivity contribution in [3.8, 4) is 5.75 Å². The lowest BCUT2D eigenvalue weighted by Gasteiger charge is -2.39. The molecule has 0 fully saturated rings. The molecule has 0 aliphatic carbocycles. The van der Waals surface area contributed by atoms with E-state index in [1.54, 1.807) is 23.1 Å². The average Bonchev–Trinajstić information content (AvgIpc) is 2.57. The lowest BCUT2D eigenvalue weighted by molar-refractivity contribution is -0.117. The first kappa shape index (κ1) is 17.1. The number of halogens is 1. The predicted molar refractivity (Wildman–Crippen MR) is 92.9 cm³/mol. The summed E-state index contributed by atoms with van der Waals surface area (Å²) in [5, 5.41) is 2.93. The van der Waals surface area contributed by atoms with Crippen molar-refractivity contribution < 1.29 is 13.9 Å². The SMILES string of the molecule is CC(=O)N1c2ccc(CN=O)cc2C(Oc2ccc(F)cc2)CC1C. The van der Waals surface area contributed by atoms with E-state index in [0.717, 1.165) is 16.8 Å². The minimum Gasteiger partial charge on any atom is -0.486 e. The standard InChI is InChI=1S/C19H19FN2O3/c1-12-9-19(25-16-6-4-15(20)5-7-16)17-10-14(11-21-24)3-8-18(17)22(12)13(2)23/h3-8,10,12,19H,9,11H2,1-2H3. The number of ether oxygens (including phenoxy) is 1. The highest BCUT2D eigenvalue weighted by atomic mass is 19.1. The van der Waals surface area contributed by atoms with Crippen molar-refractivity contribution in [3.05, 3.63) is 64.3 Å². The van der Waals surface area contributed by atoms with E-state index in [1.807, 2.05) is 19.1 Å². The van der Waals surface area contributed by atoms with Crippen LogP contribution in [-0.2, 0) is 11.3 Å². The van der Waals surface area contributed by atoms with Gasteiger partial charge in [-0.2, -0.15) is 4.91 Å². The molecule has 1 amide bonds. The molecule has 0 N–H and O–H groups in total. The smallest absolute Gasteiger partial charge is 0.224 e. The largest absolute Gasteiger partial charge is 0.486 e. The summed E-state index contributed by atoms with van der Waals surface area (Å²) < 4.78 is 19.2. The molecule has 2 aromatic carbocycles. The predicted octanol–water partition coefficient (Wildman–Crippen LogP) is 4.36. The number of carbonyl (C=O) groups excluding carboxylic acids is 1. The number of hydrogen-bond donors (Lipinski definition) is 0. The third-order valence-electron chi connectivity index (χ3n) is 4.37. The quantitative estimate of drug-likeness (QED) is 0.776. The van der Waals surface area contributed by atoms with Crippen molar-refractivity contribution >= 4 is 11.6 Å². The molecular formula is C19H19FN2O3. The normalized spacial score (nSPS) is 19.2. The summed E-state index contributed by atoms with van der Waals surface area (Å²) in [6.45, 7) is 3.56. The fourth-order valence-corrected chi connectivity index (χ4v) is 3.30. The summed E-state index contributed by atoms with van der Waals surface area (Å²) in [4.78, 5) is 24.4. The second-order valence-corrected chi connectivity index (χ2v) is 6.21. The Morgan fingerprint density at radius 2 is 2.00 bits per heavy atom. The van der Waals surface area contributed by atoms with Gasteiger partial charge in [-0.1, -0.05) is 11.2 Å². The van der Waals surface area contributed by atoms with Gasteiger partial charge in [0.25, 0.3) is 0 Å². The summed E-state index contributed by atoms with van der Waals surface area (Å²) in [6.07, 6.45) is 0.305. The first-order valence-corrected chi connectivity index (χ1v) is 8.13. The highest BCUT2D eigenvalue weighted by Crippen LogP contribution is 2.40. The van der Waals surface area contributed by atoms with E-state index in [0.29, 0.717) is 12.2 Å². The molecule has 0 aromatic heterocycles. The van der Waals surface area contributed by atoms with E-state index in [1.165, 1.54) is 19.1 Å². The molecular weight excluding hydrogens is 323 g/mol. The van der Waals surface area contributed by atoms with Gasteiger partial charge in [0.2, 0.25) is 5.91 Å². The van der Waals surface area contributed by atoms with Crippen LogP contribution in [-0.4, -0.2) is 11.9 Å². The zero-order valence-electron chi connectivity index (χ0n) is 14.1. The van der Waals surface area contributed by atoms with Crippen LogP contribution < -0.4 is 9.64 Å². The zero-order valence-corrected chi connectivity index (χ0v) is 14.1. The number of amides is 1. The second-order valence-electron chi connectivity index (χ2n) is 6.21. The minimum atomic E-state index is -0.327. The molecule has 1 aliphatic heterocycles. The maximum Gasteiger partial charge on any atom is 0.224 e. The Hall–Kier alpha value is -2.76. The van der Waals surface area contributed by atoms with Gasteiger partial charge in [-0.3, -0.25) is 4.79 Å². The highest BCUT2D eigenvalue weighted by molar-refractivity contribution is 5.93. The Morgan fingerprint density at radius 3 is 2.64 bits per heavy atom. The maximum absolute atomic E-state index is 13.1. The Bertz CT molecular complexity index is 792. The highest BCUT2D eigenvalue weighted by Gasteiger charge is 2.33. The lowest BCUT2D eigenvalue weighted by atomic mass is 9.92. The van der Waals surface area contributed by atoms with Crippen LogP contribution in [0.1, 0.15) is 37.5 Å². The molecule has 0 radical (unpaired) electrons. The van der Waals surface area contributed by atoms with Crippen LogP contribution in [0.5, 0.6) is 5.75 Å². The van der Waals surface area contributed by atoms with Gasteiger partial charge < -0.3 is 9.64 Å². The number of nitroso groups, excluding NO2 is 1. The lowest BCUT2D eigenvalue weighted by Crippen LogP contribution is -2.42. The van der Waals surface area contributed by atoms with Crippen molar-refractivity contribution in [3.63, 3.8) is 0 Å². The van der Waals surface area contributed by atoms with Crippen LogP contribution in [0.15, 0.2) is 47.6 Å². The third-order valence-corrected chi connectivity index (χ3v) is 4.37. The molecule has 1 heterocycles. The van der Waals surface area contributed by atoms with Crippen molar-refractivity contribution in [2.24, 2.45) is 5.18 Å². The van der Waals surface area contributed by atoms with Crippen LogP contribution >= 0.6 is 0 Å². The molecule has 2 unspecified atom stereocenters. The minimum absolute atomic E-state index is 0.0366. The Balaban J connectivity index is 2.00. The summed E-state index contributed by atoms with van der Waals surface area (Å²) in [5.74, 6) is 0.182. The second kappa shape index (κ2) is 7.01. The van der Waals surface area contributed by atoms with E-state index in [4.69, 9.17) is 4.74 Å². The van der Waals surface area contributed by atoms with Gasteiger partial charge in [-0.15, -0.1) is 0 Å². The van der Waals surface area contributed by atoms with Gasteiger partial charge in [-0.05, 0) is 48.9 Å². The number of carbonyl (C=O) groups is 1. The van der Waals surface area contributed by atoms with E-state index in [2.05, 4.69) is 5.18 Å². The van der Waals surface area contributed by atoms with Gasteiger partial charge in [0.15, 0.2) is 0 Å². The van der Waals surface area contributed by atoms with Crippen LogP contribution in [0.2, 0.25) is 0 Å². The third kappa shape index (κ3) is 3.52. The first-order valence-electron chi connectivity index (χ1n) is 8.13. The summed E-state index contributed by atoms with van der Waals surface area (Å²) in [5.41, 5.74) is 2.37. The van der Waals surface area contributed by atoms with E-state index in [-0.39, 0.29) is 30.4 Å². The number of anilines is 1. The maximum atomic E-state index is 13.1. The summed E-state index contributed by atoms with van der Waals surface area (Å²) >= 11 is 0. The molecule has 1 aliphatic rings. The van der Waals surface area contributed by atoms with Crippen LogP contribution in [0.25, 0.3) is 0 Å². The first-order chi connectivity index (χ1) is 12.0. The van der Waals surface area contributed by atoms with E-state index < -0.39 is 0 Å². The molecule has 0 saturated carbocycles. The molecule has 0 bridgehead atoms. The number of fused-ring (bicyclic) bond motifs is 1. The number of benzene rings is 2. The molecule has 5 nitrogen and oxygen atoms in total. The average molecular weight is 342 g/mol. The number of rotatable bonds is 4. The van der Waals surface area contributed by atoms with Gasteiger partial charge in [0, 0.05) is 24.9 Å². The molecule has 25 heavy (non-hydrogen) atoms. The molecule has 0 saturated heterocycles. The van der Waals surface area contributed by atoms with Crippen LogP contribution in [0.4, 0.5) is 10.1 Å². The van der Waals surface area contributed by atoms with Crippen LogP contribution in [0, 0.1) is 10.7 Å². The molecule has 2 atom stereocenters. The summed E-state index contributed by atoms with van der Waals surface area (Å²) in [6, 6.07) is 11.3. The van der Waals surface area contributed by atoms with Crippen molar-refractivity contribution in [1.29, 1.82) is 0 Å². The number of hydrogen-bond acceptors (Lipinski definition) is 4. The summed E-state index contributed by atoms with van der Waals surface area (Å²) in [7, 11) is 0. The molecule has 6 heteroatoms. The molecule has 130 valence electrons. The van der Waals surface area contributed by atoms with Crippen molar-refractivity contribution in [2.45, 2.75) is 39.0 Å². The van der Waals surface area contributed by atoms with E-state index in [9.17, 15) is 14.1 Å². The molecule has 2 aromatic rings. The topological polar surface area (TPSA) is 59.0 Å². The molecule has 3 rings (SSSR count). The van der Waals surface area contributed by atoms with Gasteiger partial charge in [-0.25, -0.2) is 4.39 Å². The fraction of sp³-hybridized carbons (Fsp3) is 0.316. The number of nitrogens with zero attached hydrogens (tertiary/aromatic N) is 2. The molecule has 0 spiro atoms. The fourth-order valence-electron chi connectivity index (χ4n) is 3.30. The monoisotopic (exact) mass is 342 g/mol. The van der Waals surface area contributed by atoms with Gasteiger partial charge >= 0.3 is 0 Å². The van der Waals surface area contributed by atoms with Crippen molar-refractivity contribution in [2.75, 3.05) is 4.90 Å². The van der Waals surface area contributed by atoms with Gasteiger partial charge in [0.1, 0.15) is 24.2 Å². The Labute approximate surface area is 145 Å².